The number of hydrogen-bond acceptors (Lipinski definition) is 2. The molecule has 0 aromatic heterocycles. The molecule has 1 aliphatic rings. The zero-order chi connectivity index (χ0) is 10.6. The van der Waals surface area contributed by atoms with E-state index in [-0.39, 0.29) is 0 Å². The summed E-state index contributed by atoms with van der Waals surface area (Å²) in [6.45, 7) is 12.8. The summed E-state index contributed by atoms with van der Waals surface area (Å²) in [6.07, 6.45) is 4.02. The first-order valence-corrected chi connectivity index (χ1v) is 6.04. The van der Waals surface area contributed by atoms with Crippen LogP contribution in [0.4, 0.5) is 0 Å². The lowest BCUT2D eigenvalue weighted by molar-refractivity contribution is 0.168. The molecule has 1 saturated heterocycles. The molecule has 2 heteroatoms. The Morgan fingerprint density at radius 2 is 2.14 bits per heavy atom. The molecule has 0 radical (unpaired) electrons. The summed E-state index contributed by atoms with van der Waals surface area (Å²) in [5.74, 6) is 0. The fourth-order valence-corrected chi connectivity index (χ4v) is 2.38. The summed E-state index contributed by atoms with van der Waals surface area (Å²) in [7, 11) is 0. The average molecular weight is 198 g/mol. The van der Waals surface area contributed by atoms with Gasteiger partial charge in [0.1, 0.15) is 0 Å². The normalized spacial score (nSPS) is 24.0. The summed E-state index contributed by atoms with van der Waals surface area (Å²) in [5, 5.41) is 3.47. The van der Waals surface area contributed by atoms with E-state index in [1.807, 2.05) is 0 Å². The van der Waals surface area contributed by atoms with Crippen molar-refractivity contribution in [1.82, 2.24) is 10.2 Å². The molecule has 0 aromatic rings. The van der Waals surface area contributed by atoms with E-state index in [0.29, 0.717) is 11.6 Å². The van der Waals surface area contributed by atoms with Gasteiger partial charge >= 0.3 is 0 Å². The van der Waals surface area contributed by atoms with Gasteiger partial charge in [0.2, 0.25) is 0 Å². The second kappa shape index (κ2) is 5.13. The number of rotatable bonds is 5. The van der Waals surface area contributed by atoms with E-state index >= 15 is 0 Å². The largest absolute Gasteiger partial charge is 0.314 e. The molecule has 84 valence electrons. The minimum Gasteiger partial charge on any atom is -0.314 e. The lowest BCUT2D eigenvalue weighted by atomic mass is 10.0. The third-order valence-corrected chi connectivity index (χ3v) is 3.46. The van der Waals surface area contributed by atoms with Gasteiger partial charge in [-0.15, -0.1) is 0 Å². The van der Waals surface area contributed by atoms with E-state index in [1.165, 1.54) is 32.4 Å². The van der Waals surface area contributed by atoms with Crippen LogP contribution >= 0.6 is 0 Å². The van der Waals surface area contributed by atoms with Crippen LogP contribution in [0.3, 0.4) is 0 Å². The van der Waals surface area contributed by atoms with Crippen LogP contribution in [-0.2, 0) is 0 Å². The highest BCUT2D eigenvalue weighted by molar-refractivity contribution is 4.87. The number of nitrogens with one attached hydrogen (secondary N) is 1. The quantitative estimate of drug-likeness (QED) is 0.729. The molecular weight excluding hydrogens is 172 g/mol. The molecule has 0 aliphatic carbocycles. The van der Waals surface area contributed by atoms with E-state index in [0.717, 1.165) is 6.54 Å². The predicted molar refractivity (Wildman–Crippen MR) is 62.6 cm³/mol. The van der Waals surface area contributed by atoms with Gasteiger partial charge in [-0.2, -0.15) is 0 Å². The standard InChI is InChI=1S/C12H26N2/c1-5-13-11(2)7-10-14-9-6-8-12(14,3)4/h11,13H,5-10H2,1-4H3. The van der Waals surface area contributed by atoms with E-state index in [2.05, 4.69) is 37.9 Å². The number of hydrogen-bond donors (Lipinski definition) is 1. The van der Waals surface area contributed by atoms with Crippen molar-refractivity contribution in [2.45, 2.75) is 58.5 Å². The van der Waals surface area contributed by atoms with Crippen molar-refractivity contribution in [3.05, 3.63) is 0 Å². The Morgan fingerprint density at radius 3 is 2.64 bits per heavy atom. The van der Waals surface area contributed by atoms with Crippen molar-refractivity contribution in [2.75, 3.05) is 19.6 Å². The summed E-state index contributed by atoms with van der Waals surface area (Å²) >= 11 is 0. The van der Waals surface area contributed by atoms with Crippen LogP contribution in [0.2, 0.25) is 0 Å². The van der Waals surface area contributed by atoms with Gasteiger partial charge in [0, 0.05) is 18.1 Å². The maximum absolute atomic E-state index is 3.47. The van der Waals surface area contributed by atoms with Crippen molar-refractivity contribution >= 4 is 0 Å². The van der Waals surface area contributed by atoms with Crippen LogP contribution in [0.1, 0.15) is 47.0 Å². The Bertz CT molecular complexity index is 166. The molecule has 1 fully saturated rings. The Labute approximate surface area is 89.1 Å². The third kappa shape index (κ3) is 3.25. The second-order valence-corrected chi connectivity index (χ2v) is 5.15. The zero-order valence-electron chi connectivity index (χ0n) is 10.3. The molecule has 1 atom stereocenters. The van der Waals surface area contributed by atoms with Crippen LogP contribution in [0.5, 0.6) is 0 Å². The van der Waals surface area contributed by atoms with Gasteiger partial charge in [-0.1, -0.05) is 6.92 Å². The van der Waals surface area contributed by atoms with Crippen molar-refractivity contribution in [3.63, 3.8) is 0 Å². The van der Waals surface area contributed by atoms with Crippen molar-refractivity contribution in [3.8, 4) is 0 Å². The first kappa shape index (κ1) is 12.0. The van der Waals surface area contributed by atoms with E-state index in [1.54, 1.807) is 0 Å². The van der Waals surface area contributed by atoms with Gasteiger partial charge in [-0.25, -0.2) is 0 Å². The zero-order valence-corrected chi connectivity index (χ0v) is 10.3. The first-order valence-electron chi connectivity index (χ1n) is 6.04. The predicted octanol–water partition coefficient (Wildman–Crippen LogP) is 2.25. The Kier molecular flexibility index (Phi) is 4.39. The van der Waals surface area contributed by atoms with Gasteiger partial charge in [-0.05, 0) is 53.1 Å². The van der Waals surface area contributed by atoms with Crippen molar-refractivity contribution in [2.24, 2.45) is 0 Å². The maximum Gasteiger partial charge on any atom is 0.0153 e. The average Bonchev–Trinajstić information content (AvgIpc) is 2.42. The Morgan fingerprint density at radius 1 is 1.43 bits per heavy atom. The molecule has 0 bridgehead atoms. The second-order valence-electron chi connectivity index (χ2n) is 5.15. The topological polar surface area (TPSA) is 15.3 Å². The summed E-state index contributed by atoms with van der Waals surface area (Å²) in [5.41, 5.74) is 0.450. The van der Waals surface area contributed by atoms with Crippen molar-refractivity contribution < 1.29 is 0 Å². The highest BCUT2D eigenvalue weighted by Gasteiger charge is 2.31. The van der Waals surface area contributed by atoms with Crippen molar-refractivity contribution in [1.29, 1.82) is 0 Å². The molecule has 0 aromatic carbocycles. The van der Waals surface area contributed by atoms with E-state index in [4.69, 9.17) is 0 Å². The molecule has 0 spiro atoms. The lowest BCUT2D eigenvalue weighted by Crippen LogP contribution is -2.41. The van der Waals surface area contributed by atoms with Gasteiger partial charge in [-0.3, -0.25) is 4.90 Å². The summed E-state index contributed by atoms with van der Waals surface area (Å²) in [6, 6.07) is 0.663. The van der Waals surface area contributed by atoms with Crippen LogP contribution < -0.4 is 5.32 Å². The molecule has 2 nitrogen and oxygen atoms in total. The minimum absolute atomic E-state index is 0.450. The molecule has 1 N–H and O–H groups in total. The molecule has 14 heavy (non-hydrogen) atoms. The lowest BCUT2D eigenvalue weighted by Gasteiger charge is -2.32. The SMILES string of the molecule is CCNC(C)CCN1CCCC1(C)C. The molecule has 1 rings (SSSR count). The maximum atomic E-state index is 3.47. The highest BCUT2D eigenvalue weighted by atomic mass is 15.2. The van der Waals surface area contributed by atoms with Crippen LogP contribution in [0.15, 0.2) is 0 Å². The molecular formula is C12H26N2. The van der Waals surface area contributed by atoms with Crippen LogP contribution in [0, 0.1) is 0 Å². The van der Waals surface area contributed by atoms with E-state index in [9.17, 15) is 0 Å². The molecule has 1 heterocycles. The van der Waals surface area contributed by atoms with E-state index < -0.39 is 0 Å². The summed E-state index contributed by atoms with van der Waals surface area (Å²) in [4.78, 5) is 2.64. The monoisotopic (exact) mass is 198 g/mol. The fraction of sp³-hybridized carbons (Fsp3) is 1.00. The van der Waals surface area contributed by atoms with Crippen LogP contribution in [0.25, 0.3) is 0 Å². The smallest absolute Gasteiger partial charge is 0.0153 e. The van der Waals surface area contributed by atoms with Gasteiger partial charge < -0.3 is 5.32 Å². The Hall–Kier alpha value is -0.0800. The fourth-order valence-electron chi connectivity index (χ4n) is 2.38. The molecule has 1 aliphatic heterocycles. The Balaban J connectivity index is 2.24. The molecule has 0 amide bonds. The third-order valence-electron chi connectivity index (χ3n) is 3.46. The first-order chi connectivity index (χ1) is 6.56. The highest BCUT2D eigenvalue weighted by Crippen LogP contribution is 2.28. The van der Waals surface area contributed by atoms with Gasteiger partial charge in [0.15, 0.2) is 0 Å². The molecule has 1 unspecified atom stereocenters. The van der Waals surface area contributed by atoms with Gasteiger partial charge in [0.05, 0.1) is 0 Å². The minimum atomic E-state index is 0.450. The summed E-state index contributed by atoms with van der Waals surface area (Å²) < 4.78 is 0. The molecule has 0 saturated carbocycles. The van der Waals surface area contributed by atoms with Gasteiger partial charge in [0.25, 0.3) is 0 Å². The van der Waals surface area contributed by atoms with Crippen LogP contribution in [-0.4, -0.2) is 36.1 Å². The number of nitrogens with zero attached hydrogens (tertiary/aromatic N) is 1. The number of likely N-dealkylation sites (tertiary alicyclic amines) is 1.